The number of hydrogen-bond donors (Lipinski definition) is 2. The zero-order valence-corrected chi connectivity index (χ0v) is 16.0. The zero-order valence-electron chi connectivity index (χ0n) is 16.0. The van der Waals surface area contributed by atoms with Crippen LogP contribution in [-0.2, 0) is 16.0 Å². The molecule has 0 atom stereocenters. The van der Waals surface area contributed by atoms with Crippen LogP contribution in [0.15, 0.2) is 66.7 Å². The highest BCUT2D eigenvalue weighted by Crippen LogP contribution is 2.19. The number of nitrogens with zero attached hydrogens (tertiary/aromatic N) is 3. The van der Waals surface area contributed by atoms with Gasteiger partial charge < -0.3 is 20.3 Å². The zero-order chi connectivity index (χ0) is 19.9. The number of ether oxygens (including phenoxy) is 1. The highest BCUT2D eigenvalue weighted by molar-refractivity contribution is 5.92. The SMILES string of the molecule is O=C(Cc1ccccc1)Nc1ccc(Nc2ccc(N3CCOCC3)nn2)cc1. The summed E-state index contributed by atoms with van der Waals surface area (Å²) in [5, 5.41) is 14.7. The number of rotatable bonds is 6. The summed E-state index contributed by atoms with van der Waals surface area (Å²) in [4.78, 5) is 14.3. The lowest BCUT2D eigenvalue weighted by Gasteiger charge is -2.27. The molecule has 29 heavy (non-hydrogen) atoms. The Balaban J connectivity index is 1.31. The number of hydrogen-bond acceptors (Lipinski definition) is 6. The third-order valence-electron chi connectivity index (χ3n) is 4.63. The summed E-state index contributed by atoms with van der Waals surface area (Å²) < 4.78 is 5.36. The summed E-state index contributed by atoms with van der Waals surface area (Å²) in [7, 11) is 0. The highest BCUT2D eigenvalue weighted by atomic mass is 16.5. The van der Waals surface area contributed by atoms with E-state index in [-0.39, 0.29) is 5.91 Å². The van der Waals surface area contributed by atoms with Crippen molar-refractivity contribution in [3.05, 3.63) is 72.3 Å². The maximum absolute atomic E-state index is 12.2. The lowest BCUT2D eigenvalue weighted by Crippen LogP contribution is -2.36. The first kappa shape index (κ1) is 18.9. The van der Waals surface area contributed by atoms with Crippen molar-refractivity contribution in [1.29, 1.82) is 0 Å². The summed E-state index contributed by atoms with van der Waals surface area (Å²) >= 11 is 0. The molecule has 1 saturated heterocycles. The Morgan fingerprint density at radius 2 is 1.62 bits per heavy atom. The van der Waals surface area contributed by atoms with Crippen LogP contribution < -0.4 is 15.5 Å². The van der Waals surface area contributed by atoms with E-state index in [1.54, 1.807) is 0 Å². The Bertz CT molecular complexity index is 924. The van der Waals surface area contributed by atoms with Gasteiger partial charge in [-0.15, -0.1) is 10.2 Å². The number of carbonyl (C=O) groups is 1. The Labute approximate surface area is 169 Å². The van der Waals surface area contributed by atoms with Gasteiger partial charge in [-0.1, -0.05) is 30.3 Å². The van der Waals surface area contributed by atoms with E-state index in [4.69, 9.17) is 4.74 Å². The third-order valence-corrected chi connectivity index (χ3v) is 4.63. The molecule has 1 aromatic heterocycles. The normalized spacial score (nSPS) is 13.7. The predicted octanol–water partition coefficient (Wildman–Crippen LogP) is 3.24. The Morgan fingerprint density at radius 1 is 0.897 bits per heavy atom. The topological polar surface area (TPSA) is 79.4 Å². The molecule has 2 aromatic carbocycles. The van der Waals surface area contributed by atoms with E-state index < -0.39 is 0 Å². The first-order valence-electron chi connectivity index (χ1n) is 9.63. The molecule has 0 spiro atoms. The predicted molar refractivity (Wildman–Crippen MR) is 114 cm³/mol. The molecule has 148 valence electrons. The van der Waals surface area contributed by atoms with Gasteiger partial charge in [0.15, 0.2) is 11.6 Å². The van der Waals surface area contributed by atoms with Crippen LogP contribution in [0.3, 0.4) is 0 Å². The van der Waals surface area contributed by atoms with E-state index in [0.717, 1.165) is 49.1 Å². The summed E-state index contributed by atoms with van der Waals surface area (Å²) in [6, 6.07) is 21.1. The number of carbonyl (C=O) groups excluding carboxylic acids is 1. The molecule has 4 rings (SSSR count). The third kappa shape index (κ3) is 5.30. The number of aromatic nitrogens is 2. The second-order valence-corrected chi connectivity index (χ2v) is 6.79. The van der Waals surface area contributed by atoms with Crippen molar-refractivity contribution >= 4 is 28.9 Å². The van der Waals surface area contributed by atoms with Gasteiger partial charge in [0, 0.05) is 24.5 Å². The molecule has 7 heteroatoms. The molecule has 2 heterocycles. The van der Waals surface area contributed by atoms with Gasteiger partial charge in [0.25, 0.3) is 0 Å². The molecule has 1 aliphatic rings. The van der Waals surface area contributed by atoms with Crippen LogP contribution in [0.2, 0.25) is 0 Å². The maximum Gasteiger partial charge on any atom is 0.228 e. The minimum Gasteiger partial charge on any atom is -0.378 e. The molecule has 1 fully saturated rings. The van der Waals surface area contributed by atoms with Gasteiger partial charge in [-0.05, 0) is 42.0 Å². The van der Waals surface area contributed by atoms with E-state index in [2.05, 4.69) is 25.7 Å². The number of amides is 1. The van der Waals surface area contributed by atoms with E-state index >= 15 is 0 Å². The minimum atomic E-state index is -0.0403. The molecule has 0 aliphatic carbocycles. The van der Waals surface area contributed by atoms with Gasteiger partial charge in [0.05, 0.1) is 19.6 Å². The molecule has 1 amide bonds. The van der Waals surface area contributed by atoms with E-state index in [0.29, 0.717) is 12.2 Å². The molecule has 2 N–H and O–H groups in total. The molecule has 1 aliphatic heterocycles. The number of benzene rings is 2. The van der Waals surface area contributed by atoms with Crippen molar-refractivity contribution in [3.8, 4) is 0 Å². The quantitative estimate of drug-likeness (QED) is 0.674. The summed E-state index contributed by atoms with van der Waals surface area (Å²) in [6.07, 6.45) is 0.353. The second kappa shape index (κ2) is 9.16. The van der Waals surface area contributed by atoms with Crippen LogP contribution in [0.25, 0.3) is 0 Å². The number of anilines is 4. The van der Waals surface area contributed by atoms with Crippen molar-refractivity contribution in [2.45, 2.75) is 6.42 Å². The van der Waals surface area contributed by atoms with E-state index in [1.165, 1.54) is 0 Å². The monoisotopic (exact) mass is 389 g/mol. The van der Waals surface area contributed by atoms with Crippen LogP contribution in [0.1, 0.15) is 5.56 Å². The van der Waals surface area contributed by atoms with Crippen molar-refractivity contribution in [3.63, 3.8) is 0 Å². The number of nitrogens with one attached hydrogen (secondary N) is 2. The standard InChI is InChI=1S/C22H23N5O2/c28-22(16-17-4-2-1-3-5-17)24-19-8-6-18(7-9-19)23-20-10-11-21(26-25-20)27-12-14-29-15-13-27/h1-11H,12-16H2,(H,23,25)(H,24,28). The van der Waals surface area contributed by atoms with Crippen LogP contribution in [0, 0.1) is 0 Å². The Hall–Kier alpha value is -3.45. The van der Waals surface area contributed by atoms with Gasteiger partial charge in [0.1, 0.15) is 0 Å². The smallest absolute Gasteiger partial charge is 0.228 e. The van der Waals surface area contributed by atoms with E-state index in [1.807, 2.05) is 66.7 Å². The van der Waals surface area contributed by atoms with Gasteiger partial charge in [0.2, 0.25) is 5.91 Å². The fraction of sp³-hybridized carbons (Fsp3) is 0.227. The van der Waals surface area contributed by atoms with Gasteiger partial charge in [-0.25, -0.2) is 0 Å². The first-order chi connectivity index (χ1) is 14.3. The fourth-order valence-corrected chi connectivity index (χ4v) is 3.12. The van der Waals surface area contributed by atoms with Gasteiger partial charge in [-0.3, -0.25) is 4.79 Å². The maximum atomic E-state index is 12.2. The van der Waals surface area contributed by atoms with Gasteiger partial charge in [-0.2, -0.15) is 0 Å². The summed E-state index contributed by atoms with van der Waals surface area (Å²) in [5.41, 5.74) is 2.62. The molecule has 3 aromatic rings. The average Bonchev–Trinajstić information content (AvgIpc) is 2.77. The number of morpholine rings is 1. The lowest BCUT2D eigenvalue weighted by atomic mass is 10.1. The van der Waals surface area contributed by atoms with Crippen LogP contribution >= 0.6 is 0 Å². The van der Waals surface area contributed by atoms with Crippen molar-refractivity contribution in [2.75, 3.05) is 41.8 Å². The van der Waals surface area contributed by atoms with Crippen molar-refractivity contribution < 1.29 is 9.53 Å². The molecule has 0 unspecified atom stereocenters. The second-order valence-electron chi connectivity index (χ2n) is 6.79. The molecular formula is C22H23N5O2. The Morgan fingerprint density at radius 3 is 2.31 bits per heavy atom. The average molecular weight is 389 g/mol. The molecule has 0 saturated carbocycles. The largest absolute Gasteiger partial charge is 0.378 e. The van der Waals surface area contributed by atoms with Crippen LogP contribution in [0.4, 0.5) is 23.0 Å². The molecule has 0 bridgehead atoms. The summed E-state index contributed by atoms with van der Waals surface area (Å²) in [5.74, 6) is 1.49. The molecule has 0 radical (unpaired) electrons. The van der Waals surface area contributed by atoms with E-state index in [9.17, 15) is 4.79 Å². The van der Waals surface area contributed by atoms with Gasteiger partial charge >= 0.3 is 0 Å². The first-order valence-corrected chi connectivity index (χ1v) is 9.63. The molecular weight excluding hydrogens is 366 g/mol. The lowest BCUT2D eigenvalue weighted by molar-refractivity contribution is -0.115. The molecule has 7 nitrogen and oxygen atoms in total. The fourth-order valence-electron chi connectivity index (χ4n) is 3.12. The summed E-state index contributed by atoms with van der Waals surface area (Å²) in [6.45, 7) is 3.10. The highest BCUT2D eigenvalue weighted by Gasteiger charge is 2.12. The van der Waals surface area contributed by atoms with Crippen LogP contribution in [0.5, 0.6) is 0 Å². The van der Waals surface area contributed by atoms with Crippen LogP contribution in [-0.4, -0.2) is 42.4 Å². The minimum absolute atomic E-state index is 0.0403. The van der Waals surface area contributed by atoms with Crippen molar-refractivity contribution in [1.82, 2.24) is 10.2 Å². The Kier molecular flexibility index (Phi) is 5.97. The van der Waals surface area contributed by atoms with Crippen molar-refractivity contribution in [2.24, 2.45) is 0 Å².